The smallest absolute Gasteiger partial charge is 0.298 e. The average Bonchev–Trinajstić information content (AvgIpc) is 3.00. The highest BCUT2D eigenvalue weighted by Gasteiger charge is 2.11. The Labute approximate surface area is 144 Å². The lowest BCUT2D eigenvalue weighted by Gasteiger charge is -1.98. The Hall–Kier alpha value is -3.88. The van der Waals surface area contributed by atoms with Crippen LogP contribution in [0, 0.1) is 15.9 Å². The second-order valence-corrected chi connectivity index (χ2v) is 5.53. The van der Waals surface area contributed by atoms with Crippen LogP contribution in [-0.4, -0.2) is 25.8 Å². The van der Waals surface area contributed by atoms with Crippen molar-refractivity contribution in [3.8, 4) is 0 Å². The Balaban J connectivity index is 1.75. The van der Waals surface area contributed by atoms with Gasteiger partial charge in [-0.25, -0.2) is 9.37 Å². The number of nitro benzene ring substituents is 1. The molecule has 2 aromatic carbocycles. The van der Waals surface area contributed by atoms with Gasteiger partial charge in [0.25, 0.3) is 11.2 Å². The number of halogens is 1. The summed E-state index contributed by atoms with van der Waals surface area (Å²) >= 11 is 0. The number of hydrogen-bond donors (Lipinski definition) is 1. The van der Waals surface area contributed by atoms with Crippen LogP contribution in [0.3, 0.4) is 0 Å². The Morgan fingerprint density at radius 3 is 2.73 bits per heavy atom. The summed E-state index contributed by atoms with van der Waals surface area (Å²) in [5.41, 5.74) is 1.29. The summed E-state index contributed by atoms with van der Waals surface area (Å²) in [6.07, 6.45) is 2.63. The van der Waals surface area contributed by atoms with E-state index in [4.69, 9.17) is 0 Å². The molecule has 0 saturated heterocycles. The lowest BCUT2D eigenvalue weighted by molar-refractivity contribution is -0.384. The predicted molar refractivity (Wildman–Crippen MR) is 93.9 cm³/mol. The Morgan fingerprint density at radius 2 is 2.00 bits per heavy atom. The number of H-pyrrole nitrogens is 1. The first kappa shape index (κ1) is 15.6. The third-order valence-electron chi connectivity index (χ3n) is 3.89. The number of hydrogen-bond acceptors (Lipinski definition) is 5. The minimum atomic E-state index is -0.498. The van der Waals surface area contributed by atoms with Crippen molar-refractivity contribution in [1.82, 2.24) is 14.6 Å². The molecule has 0 atom stereocenters. The van der Waals surface area contributed by atoms with Crippen molar-refractivity contribution in [3.05, 3.63) is 80.6 Å². The molecule has 0 bridgehead atoms. The summed E-state index contributed by atoms with van der Waals surface area (Å²) in [5.74, 6) is -0.416. The van der Waals surface area contributed by atoms with E-state index in [0.717, 1.165) is 4.68 Å². The minimum absolute atomic E-state index is 0.0345. The van der Waals surface area contributed by atoms with Crippen molar-refractivity contribution in [2.24, 2.45) is 5.10 Å². The summed E-state index contributed by atoms with van der Waals surface area (Å²) in [7, 11) is 0. The molecule has 26 heavy (non-hydrogen) atoms. The van der Waals surface area contributed by atoms with E-state index >= 15 is 0 Å². The van der Waals surface area contributed by atoms with Crippen LogP contribution in [0.5, 0.6) is 0 Å². The average molecular weight is 351 g/mol. The van der Waals surface area contributed by atoms with Gasteiger partial charge in [-0.1, -0.05) is 0 Å². The highest BCUT2D eigenvalue weighted by atomic mass is 19.1. The lowest BCUT2D eigenvalue weighted by atomic mass is 10.2. The number of aromatic amines is 1. The molecule has 0 amide bonds. The minimum Gasteiger partial charge on any atom is -0.349 e. The van der Waals surface area contributed by atoms with E-state index < -0.39 is 16.3 Å². The third-order valence-corrected chi connectivity index (χ3v) is 3.89. The molecule has 0 unspecified atom stereocenters. The number of nitro groups is 1. The second kappa shape index (κ2) is 5.88. The van der Waals surface area contributed by atoms with Crippen molar-refractivity contribution in [3.63, 3.8) is 0 Å². The topological polar surface area (TPSA) is 106 Å². The number of aromatic nitrogens is 3. The molecule has 0 radical (unpaired) electrons. The summed E-state index contributed by atoms with van der Waals surface area (Å²) < 4.78 is 14.5. The number of rotatable bonds is 3. The molecule has 128 valence electrons. The van der Waals surface area contributed by atoms with Gasteiger partial charge in [-0.2, -0.15) is 9.78 Å². The number of nitrogens with one attached hydrogen (secondary N) is 1. The van der Waals surface area contributed by atoms with E-state index in [0.29, 0.717) is 22.0 Å². The normalized spacial score (nSPS) is 11.6. The molecule has 0 aliphatic heterocycles. The molecule has 0 aliphatic rings. The van der Waals surface area contributed by atoms with E-state index in [9.17, 15) is 19.3 Å². The molecule has 2 heterocycles. The van der Waals surface area contributed by atoms with Crippen LogP contribution in [0.25, 0.3) is 21.9 Å². The van der Waals surface area contributed by atoms with Crippen LogP contribution in [-0.2, 0) is 0 Å². The highest BCUT2D eigenvalue weighted by molar-refractivity contribution is 6.04. The van der Waals surface area contributed by atoms with E-state index in [-0.39, 0.29) is 11.2 Å². The van der Waals surface area contributed by atoms with Gasteiger partial charge in [0.05, 0.1) is 11.1 Å². The van der Waals surface area contributed by atoms with Gasteiger partial charge in [0, 0.05) is 23.0 Å². The van der Waals surface area contributed by atoms with Crippen LogP contribution in [0.4, 0.5) is 10.1 Å². The molecular formula is C17H10FN5O3. The molecule has 0 fully saturated rings. The third kappa shape index (κ3) is 2.61. The number of nitrogens with zero attached hydrogens (tertiary/aromatic N) is 4. The first-order valence-electron chi connectivity index (χ1n) is 7.50. The summed E-state index contributed by atoms with van der Waals surface area (Å²) in [6, 6.07) is 9.87. The van der Waals surface area contributed by atoms with E-state index in [1.807, 2.05) is 0 Å². The molecular weight excluding hydrogens is 341 g/mol. The standard InChI is InChI=1S/C17H10FN5O3/c18-11-3-6-14-13(7-11)15-16(21-14)17(24)22(9-19-15)20-8-10-1-4-12(5-2-10)23(25)26/h1-9,21H/b20-8-. The molecule has 4 aromatic rings. The van der Waals surface area contributed by atoms with Gasteiger partial charge < -0.3 is 4.98 Å². The zero-order chi connectivity index (χ0) is 18.3. The number of benzene rings is 2. The van der Waals surface area contributed by atoms with E-state index in [2.05, 4.69) is 15.1 Å². The largest absolute Gasteiger partial charge is 0.349 e. The predicted octanol–water partition coefficient (Wildman–Crippen LogP) is 2.81. The highest BCUT2D eigenvalue weighted by Crippen LogP contribution is 2.22. The van der Waals surface area contributed by atoms with Crippen LogP contribution in [0.15, 0.2) is 58.7 Å². The first-order valence-corrected chi connectivity index (χ1v) is 7.50. The first-order chi connectivity index (χ1) is 12.5. The molecule has 1 N–H and O–H groups in total. The van der Waals surface area contributed by atoms with Crippen LogP contribution in [0.1, 0.15) is 5.56 Å². The van der Waals surface area contributed by atoms with Gasteiger partial charge in [-0.05, 0) is 35.9 Å². The summed E-state index contributed by atoms with van der Waals surface area (Å²) in [4.78, 5) is 29.8. The van der Waals surface area contributed by atoms with Crippen molar-refractivity contribution < 1.29 is 9.31 Å². The van der Waals surface area contributed by atoms with Crippen LogP contribution >= 0.6 is 0 Å². The zero-order valence-electron chi connectivity index (χ0n) is 13.1. The van der Waals surface area contributed by atoms with Gasteiger partial charge in [0.2, 0.25) is 0 Å². The van der Waals surface area contributed by atoms with E-state index in [1.165, 1.54) is 55.0 Å². The second-order valence-electron chi connectivity index (χ2n) is 5.53. The fourth-order valence-corrected chi connectivity index (χ4v) is 2.61. The maximum absolute atomic E-state index is 13.4. The SMILES string of the molecule is O=c1c2[nH]c3ccc(F)cc3c2ncn1/N=C\c1ccc([N+](=O)[O-])cc1. The Morgan fingerprint density at radius 1 is 1.23 bits per heavy atom. The van der Waals surface area contributed by atoms with Gasteiger partial charge in [0.1, 0.15) is 23.2 Å². The summed E-state index contributed by atoms with van der Waals surface area (Å²) in [6.45, 7) is 0. The number of fused-ring (bicyclic) bond motifs is 3. The van der Waals surface area contributed by atoms with Gasteiger partial charge in [-0.15, -0.1) is 0 Å². The molecule has 0 spiro atoms. The summed E-state index contributed by atoms with van der Waals surface area (Å²) in [5, 5.41) is 15.2. The van der Waals surface area contributed by atoms with Crippen molar-refractivity contribution in [2.75, 3.05) is 0 Å². The molecule has 0 saturated carbocycles. The maximum atomic E-state index is 13.4. The Bertz CT molecular complexity index is 1240. The quantitative estimate of drug-likeness (QED) is 0.348. The van der Waals surface area contributed by atoms with Crippen molar-refractivity contribution in [1.29, 1.82) is 0 Å². The molecule has 2 aromatic heterocycles. The fraction of sp³-hybridized carbons (Fsp3) is 0. The molecule has 8 nitrogen and oxygen atoms in total. The van der Waals surface area contributed by atoms with Gasteiger partial charge in [-0.3, -0.25) is 14.9 Å². The molecule has 4 rings (SSSR count). The zero-order valence-corrected chi connectivity index (χ0v) is 13.1. The Kier molecular flexibility index (Phi) is 3.54. The fourth-order valence-electron chi connectivity index (χ4n) is 2.61. The molecule has 0 aliphatic carbocycles. The maximum Gasteiger partial charge on any atom is 0.298 e. The van der Waals surface area contributed by atoms with Crippen LogP contribution < -0.4 is 5.56 Å². The lowest BCUT2D eigenvalue weighted by Crippen LogP contribution is -2.17. The van der Waals surface area contributed by atoms with Gasteiger partial charge in [0.15, 0.2) is 0 Å². The monoisotopic (exact) mass is 351 g/mol. The van der Waals surface area contributed by atoms with Crippen molar-refractivity contribution in [2.45, 2.75) is 0 Å². The van der Waals surface area contributed by atoms with Crippen LogP contribution in [0.2, 0.25) is 0 Å². The number of non-ortho nitro benzene ring substituents is 1. The van der Waals surface area contributed by atoms with E-state index in [1.54, 1.807) is 0 Å². The van der Waals surface area contributed by atoms with Crippen molar-refractivity contribution >= 4 is 33.8 Å². The van der Waals surface area contributed by atoms with Gasteiger partial charge >= 0.3 is 0 Å². The molecule has 9 heteroatoms.